The minimum Gasteiger partial charge on any atom is -0.354 e. The molecule has 2 aromatic rings. The van der Waals surface area contributed by atoms with Gasteiger partial charge < -0.3 is 5.32 Å². The molecule has 0 radical (unpaired) electrons. The van der Waals surface area contributed by atoms with Gasteiger partial charge in [-0.2, -0.15) is 0 Å². The summed E-state index contributed by atoms with van der Waals surface area (Å²) in [7, 11) is -7.45. The average Bonchev–Trinajstić information content (AvgIpc) is 2.62. The van der Waals surface area contributed by atoms with Gasteiger partial charge in [-0.05, 0) is 43.3 Å². The highest BCUT2D eigenvalue weighted by atomic mass is 35.5. The van der Waals surface area contributed by atoms with Crippen LogP contribution < -0.4 is 5.32 Å². The van der Waals surface area contributed by atoms with Crippen LogP contribution in [0, 0.1) is 0 Å². The molecule has 1 atom stereocenters. The van der Waals surface area contributed by atoms with Gasteiger partial charge in [-0.15, -0.1) is 0 Å². The lowest BCUT2D eigenvalue weighted by Gasteiger charge is -2.13. The van der Waals surface area contributed by atoms with E-state index in [2.05, 4.69) is 5.32 Å². The normalized spacial score (nSPS) is 13.2. The fourth-order valence-corrected chi connectivity index (χ4v) is 4.76. The van der Waals surface area contributed by atoms with E-state index in [4.69, 9.17) is 11.6 Å². The van der Waals surface area contributed by atoms with Gasteiger partial charge in [0.2, 0.25) is 5.91 Å². The SMILES string of the molecule is C[C@H](C(=O)NCCS(=O)(=O)c1ccc(Cl)cc1)S(=O)(=O)c1ccccc1. The molecule has 0 spiro atoms. The Morgan fingerprint density at radius 1 is 0.962 bits per heavy atom. The van der Waals surface area contributed by atoms with Gasteiger partial charge in [-0.3, -0.25) is 4.79 Å². The van der Waals surface area contributed by atoms with E-state index < -0.39 is 30.8 Å². The van der Waals surface area contributed by atoms with E-state index in [9.17, 15) is 21.6 Å². The number of amides is 1. The lowest BCUT2D eigenvalue weighted by atomic mass is 10.4. The van der Waals surface area contributed by atoms with Crippen molar-refractivity contribution in [2.45, 2.75) is 22.0 Å². The number of benzene rings is 2. The van der Waals surface area contributed by atoms with Crippen molar-refractivity contribution in [3.05, 3.63) is 59.6 Å². The third-order valence-corrected chi connectivity index (χ3v) is 7.81. The van der Waals surface area contributed by atoms with E-state index in [-0.39, 0.29) is 22.1 Å². The maximum Gasteiger partial charge on any atom is 0.238 e. The summed E-state index contributed by atoms with van der Waals surface area (Å²) in [5.74, 6) is -1.10. The molecule has 2 rings (SSSR count). The highest BCUT2D eigenvalue weighted by Crippen LogP contribution is 2.16. The lowest BCUT2D eigenvalue weighted by molar-refractivity contribution is -0.120. The number of carbonyl (C=O) groups excluding carboxylic acids is 1. The minimum absolute atomic E-state index is 0.0384. The van der Waals surface area contributed by atoms with E-state index in [1.54, 1.807) is 18.2 Å². The molecule has 0 fully saturated rings. The molecule has 2 aromatic carbocycles. The highest BCUT2D eigenvalue weighted by Gasteiger charge is 2.29. The van der Waals surface area contributed by atoms with Crippen molar-refractivity contribution < 1.29 is 21.6 Å². The van der Waals surface area contributed by atoms with Crippen molar-refractivity contribution >= 4 is 37.2 Å². The van der Waals surface area contributed by atoms with Crippen LogP contribution >= 0.6 is 11.6 Å². The second-order valence-electron chi connectivity index (χ2n) is 5.56. The zero-order valence-corrected chi connectivity index (χ0v) is 16.3. The van der Waals surface area contributed by atoms with Crippen LogP contribution in [0.2, 0.25) is 5.02 Å². The quantitative estimate of drug-likeness (QED) is 0.746. The molecule has 0 unspecified atom stereocenters. The molecule has 0 saturated heterocycles. The summed E-state index contributed by atoms with van der Waals surface area (Å²) in [6, 6.07) is 13.3. The van der Waals surface area contributed by atoms with E-state index in [0.29, 0.717) is 5.02 Å². The van der Waals surface area contributed by atoms with Crippen molar-refractivity contribution in [2.24, 2.45) is 0 Å². The van der Waals surface area contributed by atoms with E-state index in [1.165, 1.54) is 43.3 Å². The Bertz CT molecular complexity index is 972. The highest BCUT2D eigenvalue weighted by molar-refractivity contribution is 7.92. The maximum atomic E-state index is 12.4. The summed E-state index contributed by atoms with van der Waals surface area (Å²) in [5.41, 5.74) is 0. The minimum atomic E-state index is -3.84. The number of hydrogen-bond donors (Lipinski definition) is 1. The number of carbonyl (C=O) groups is 1. The third-order valence-electron chi connectivity index (χ3n) is 3.75. The van der Waals surface area contributed by atoms with E-state index >= 15 is 0 Å². The second kappa shape index (κ2) is 8.20. The molecular weight excluding hydrogens is 398 g/mol. The van der Waals surface area contributed by atoms with Crippen LogP contribution in [0.4, 0.5) is 0 Å². The molecule has 0 aliphatic heterocycles. The molecule has 0 heterocycles. The van der Waals surface area contributed by atoms with Crippen molar-refractivity contribution in [1.29, 1.82) is 0 Å². The molecule has 1 N–H and O–H groups in total. The number of sulfone groups is 2. The van der Waals surface area contributed by atoms with Gasteiger partial charge in [0, 0.05) is 11.6 Å². The van der Waals surface area contributed by atoms with Crippen molar-refractivity contribution in [3.8, 4) is 0 Å². The number of rotatable bonds is 7. The van der Waals surface area contributed by atoms with Crippen molar-refractivity contribution in [1.82, 2.24) is 5.32 Å². The first-order valence-corrected chi connectivity index (χ1v) is 11.3. The molecule has 26 heavy (non-hydrogen) atoms. The zero-order valence-electron chi connectivity index (χ0n) is 13.9. The first-order valence-electron chi connectivity index (χ1n) is 7.69. The Morgan fingerprint density at radius 3 is 2.12 bits per heavy atom. The van der Waals surface area contributed by atoms with Crippen LogP contribution in [0.25, 0.3) is 0 Å². The first-order chi connectivity index (χ1) is 12.1. The van der Waals surface area contributed by atoms with Crippen LogP contribution in [-0.2, 0) is 24.5 Å². The summed E-state index contributed by atoms with van der Waals surface area (Å²) >= 11 is 5.73. The van der Waals surface area contributed by atoms with Crippen LogP contribution in [0.15, 0.2) is 64.4 Å². The number of nitrogens with one attached hydrogen (secondary N) is 1. The van der Waals surface area contributed by atoms with Crippen LogP contribution in [0.1, 0.15) is 6.92 Å². The Balaban J connectivity index is 1.99. The predicted octanol–water partition coefficient (Wildman–Crippen LogP) is 2.09. The fourth-order valence-electron chi connectivity index (χ4n) is 2.17. The Morgan fingerprint density at radius 2 is 1.54 bits per heavy atom. The fraction of sp³-hybridized carbons (Fsp3) is 0.235. The van der Waals surface area contributed by atoms with Gasteiger partial charge in [-0.25, -0.2) is 16.8 Å². The molecule has 140 valence electrons. The van der Waals surface area contributed by atoms with Gasteiger partial charge in [0.05, 0.1) is 15.5 Å². The van der Waals surface area contributed by atoms with Crippen molar-refractivity contribution in [2.75, 3.05) is 12.3 Å². The molecule has 0 aliphatic carbocycles. The Labute approximate surface area is 158 Å². The summed E-state index contributed by atoms with van der Waals surface area (Å²) in [6.07, 6.45) is 0. The van der Waals surface area contributed by atoms with E-state index in [0.717, 1.165) is 0 Å². The third kappa shape index (κ3) is 4.84. The van der Waals surface area contributed by atoms with Gasteiger partial charge in [0.1, 0.15) is 5.25 Å². The lowest BCUT2D eigenvalue weighted by Crippen LogP contribution is -2.39. The zero-order chi connectivity index (χ0) is 19.4. The van der Waals surface area contributed by atoms with Crippen LogP contribution in [0.3, 0.4) is 0 Å². The summed E-state index contributed by atoms with van der Waals surface area (Å²) in [4.78, 5) is 12.3. The molecular formula is C17H18ClNO5S2. The average molecular weight is 416 g/mol. The van der Waals surface area contributed by atoms with Crippen LogP contribution in [-0.4, -0.2) is 40.3 Å². The van der Waals surface area contributed by atoms with Gasteiger partial charge in [-0.1, -0.05) is 29.8 Å². The van der Waals surface area contributed by atoms with Gasteiger partial charge in [0.25, 0.3) is 0 Å². The molecule has 0 aliphatic rings. The summed E-state index contributed by atoms with van der Waals surface area (Å²) < 4.78 is 49.2. The van der Waals surface area contributed by atoms with Gasteiger partial charge in [0.15, 0.2) is 19.7 Å². The summed E-state index contributed by atoms with van der Waals surface area (Å²) in [6.45, 7) is 1.07. The molecule has 1 amide bonds. The van der Waals surface area contributed by atoms with Gasteiger partial charge >= 0.3 is 0 Å². The van der Waals surface area contributed by atoms with E-state index in [1.807, 2.05) is 0 Å². The largest absolute Gasteiger partial charge is 0.354 e. The molecule has 6 nitrogen and oxygen atoms in total. The van der Waals surface area contributed by atoms with Crippen molar-refractivity contribution in [3.63, 3.8) is 0 Å². The molecule has 0 bridgehead atoms. The standard InChI is InChI=1S/C17H18ClNO5S2/c1-13(26(23,24)16-5-3-2-4-6-16)17(20)19-11-12-25(21,22)15-9-7-14(18)8-10-15/h2-10,13H,11-12H2,1H3,(H,19,20)/t13-/m1/s1. The smallest absolute Gasteiger partial charge is 0.238 e. The molecule has 0 aromatic heterocycles. The van der Waals surface area contributed by atoms with Crippen LogP contribution in [0.5, 0.6) is 0 Å². The number of hydrogen-bond acceptors (Lipinski definition) is 5. The predicted molar refractivity (Wildman–Crippen MR) is 99.6 cm³/mol. The molecule has 0 saturated carbocycles. The number of halogens is 1. The second-order valence-corrected chi connectivity index (χ2v) is 10.4. The maximum absolute atomic E-state index is 12.4. The first kappa shape index (κ1) is 20.4. The molecule has 9 heteroatoms. The summed E-state index contributed by atoms with van der Waals surface area (Å²) in [5, 5.41) is 1.46. The Hall–Kier alpha value is -1.90. The monoisotopic (exact) mass is 415 g/mol. The topological polar surface area (TPSA) is 97.4 Å². The Kier molecular flexibility index (Phi) is 6.44.